The molecule has 2 amide bonds. The molecule has 0 fully saturated rings. The molecule has 1 heterocycles. The number of ether oxygens (including phenoxy) is 2. The Kier molecular flexibility index (Phi) is 9.05. The highest BCUT2D eigenvalue weighted by molar-refractivity contribution is 5.81. The molecule has 184 valence electrons. The number of amides is 2. The van der Waals surface area contributed by atoms with Crippen LogP contribution in [-0.4, -0.2) is 49.6 Å². The van der Waals surface area contributed by atoms with E-state index in [1.165, 1.54) is 12.1 Å². The predicted molar refractivity (Wildman–Crippen MR) is 129 cm³/mol. The second-order valence-corrected chi connectivity index (χ2v) is 9.05. The van der Waals surface area contributed by atoms with Gasteiger partial charge in [-0.2, -0.15) is 0 Å². The molecule has 1 N–H and O–H groups in total. The van der Waals surface area contributed by atoms with Gasteiger partial charge in [0, 0.05) is 26.6 Å². The van der Waals surface area contributed by atoms with Crippen molar-refractivity contribution in [1.29, 1.82) is 0 Å². The molecule has 34 heavy (non-hydrogen) atoms. The molecule has 0 unspecified atom stereocenters. The van der Waals surface area contributed by atoms with Crippen LogP contribution in [0.2, 0.25) is 0 Å². The zero-order valence-corrected chi connectivity index (χ0v) is 20.5. The average Bonchev–Trinajstić information content (AvgIpc) is 2.81. The maximum Gasteiger partial charge on any atom is 0.261 e. The molecular formula is C27H35FN2O4. The van der Waals surface area contributed by atoms with Gasteiger partial charge in [-0.05, 0) is 59.7 Å². The molecule has 0 saturated heterocycles. The molecule has 7 heteroatoms. The standard InChI is InChI=1S/C27H35FN2O4/c1-5-24(27(32)29-12-14-33-4)34-22-10-9-19-11-13-30(25(31)15-18(2)3)26(23(19)17-22)20-7-6-8-21(28)16-20/h6-10,16-18,24,26H,5,11-15H2,1-4H3,(H,29,32)/t24-,26-/m1/s1. The van der Waals surface area contributed by atoms with Gasteiger partial charge >= 0.3 is 0 Å². The maximum atomic E-state index is 14.2. The van der Waals surface area contributed by atoms with Crippen molar-refractivity contribution in [1.82, 2.24) is 10.2 Å². The lowest BCUT2D eigenvalue weighted by Gasteiger charge is -2.38. The number of carbonyl (C=O) groups excluding carboxylic acids is 2. The van der Waals surface area contributed by atoms with Crippen LogP contribution in [0.1, 0.15) is 56.3 Å². The summed E-state index contributed by atoms with van der Waals surface area (Å²) in [4.78, 5) is 27.5. The van der Waals surface area contributed by atoms with Crippen molar-refractivity contribution in [3.63, 3.8) is 0 Å². The first-order valence-electron chi connectivity index (χ1n) is 11.9. The molecule has 2 atom stereocenters. The predicted octanol–water partition coefficient (Wildman–Crippen LogP) is 4.27. The number of carbonyl (C=O) groups is 2. The second kappa shape index (κ2) is 12.0. The molecule has 3 rings (SSSR count). The molecule has 2 aromatic carbocycles. The van der Waals surface area contributed by atoms with E-state index in [4.69, 9.17) is 9.47 Å². The number of hydrogen-bond donors (Lipinski definition) is 1. The largest absolute Gasteiger partial charge is 0.481 e. The Balaban J connectivity index is 1.93. The lowest BCUT2D eigenvalue weighted by molar-refractivity contribution is -0.134. The molecule has 6 nitrogen and oxygen atoms in total. The highest BCUT2D eigenvalue weighted by Gasteiger charge is 2.33. The smallest absolute Gasteiger partial charge is 0.261 e. The van der Waals surface area contributed by atoms with Crippen molar-refractivity contribution in [3.8, 4) is 5.75 Å². The van der Waals surface area contributed by atoms with E-state index in [0.29, 0.717) is 44.7 Å². The van der Waals surface area contributed by atoms with Gasteiger partial charge in [-0.15, -0.1) is 0 Å². The van der Waals surface area contributed by atoms with Crippen LogP contribution in [0.5, 0.6) is 5.75 Å². The Labute approximate surface area is 201 Å². The molecular weight excluding hydrogens is 435 g/mol. The SMILES string of the molecule is CC[C@@H](Oc1ccc2c(c1)[C@@H](c1cccc(F)c1)N(C(=O)CC(C)C)CC2)C(=O)NCCOC. The first kappa shape index (κ1) is 25.7. The van der Waals surface area contributed by atoms with E-state index in [9.17, 15) is 14.0 Å². The second-order valence-electron chi connectivity index (χ2n) is 9.05. The van der Waals surface area contributed by atoms with Crippen LogP contribution in [0.15, 0.2) is 42.5 Å². The highest BCUT2D eigenvalue weighted by atomic mass is 19.1. The molecule has 0 saturated carbocycles. The van der Waals surface area contributed by atoms with Crippen LogP contribution < -0.4 is 10.1 Å². The zero-order chi connectivity index (χ0) is 24.7. The van der Waals surface area contributed by atoms with E-state index in [1.807, 2.05) is 49.9 Å². The van der Waals surface area contributed by atoms with Gasteiger partial charge < -0.3 is 19.7 Å². The van der Waals surface area contributed by atoms with E-state index in [0.717, 1.165) is 16.7 Å². The van der Waals surface area contributed by atoms with Crippen molar-refractivity contribution in [2.45, 2.75) is 52.2 Å². The van der Waals surface area contributed by atoms with Crippen LogP contribution >= 0.6 is 0 Å². The van der Waals surface area contributed by atoms with Crippen LogP contribution in [0, 0.1) is 11.7 Å². The summed E-state index contributed by atoms with van der Waals surface area (Å²) in [5.41, 5.74) is 2.72. The minimum Gasteiger partial charge on any atom is -0.481 e. The van der Waals surface area contributed by atoms with E-state index >= 15 is 0 Å². The average molecular weight is 471 g/mol. The van der Waals surface area contributed by atoms with E-state index in [2.05, 4.69) is 5.32 Å². The molecule has 1 aliphatic heterocycles. The lowest BCUT2D eigenvalue weighted by atomic mass is 9.87. The summed E-state index contributed by atoms with van der Waals surface area (Å²) >= 11 is 0. The summed E-state index contributed by atoms with van der Waals surface area (Å²) in [5.74, 6) is 0.274. The summed E-state index contributed by atoms with van der Waals surface area (Å²) in [6, 6.07) is 11.7. The Morgan fingerprint density at radius 2 is 2.00 bits per heavy atom. The number of halogens is 1. The fourth-order valence-electron chi connectivity index (χ4n) is 4.31. The lowest BCUT2D eigenvalue weighted by Crippen LogP contribution is -2.41. The number of nitrogens with zero attached hydrogens (tertiary/aromatic N) is 1. The summed E-state index contributed by atoms with van der Waals surface area (Å²) < 4.78 is 25.2. The minimum atomic E-state index is -0.648. The molecule has 0 aromatic heterocycles. The monoisotopic (exact) mass is 470 g/mol. The summed E-state index contributed by atoms with van der Waals surface area (Å²) in [6.07, 6.45) is 0.990. The summed E-state index contributed by atoms with van der Waals surface area (Å²) in [7, 11) is 1.58. The van der Waals surface area contributed by atoms with E-state index < -0.39 is 12.1 Å². The van der Waals surface area contributed by atoms with Gasteiger partial charge in [-0.25, -0.2) is 4.39 Å². The van der Waals surface area contributed by atoms with Crippen LogP contribution in [0.3, 0.4) is 0 Å². The molecule has 0 aliphatic carbocycles. The first-order chi connectivity index (χ1) is 16.3. The van der Waals surface area contributed by atoms with Crippen LogP contribution in [0.25, 0.3) is 0 Å². The van der Waals surface area contributed by atoms with Gasteiger partial charge in [0.05, 0.1) is 12.6 Å². The fraction of sp³-hybridized carbons (Fsp3) is 0.481. The fourth-order valence-corrected chi connectivity index (χ4v) is 4.31. The van der Waals surface area contributed by atoms with Crippen molar-refractivity contribution in [3.05, 3.63) is 65.0 Å². The van der Waals surface area contributed by atoms with Gasteiger partial charge in [0.1, 0.15) is 11.6 Å². The van der Waals surface area contributed by atoms with Gasteiger partial charge in [0.25, 0.3) is 5.91 Å². The minimum absolute atomic E-state index is 0.0465. The number of fused-ring (bicyclic) bond motifs is 1. The van der Waals surface area contributed by atoms with E-state index in [1.54, 1.807) is 13.2 Å². The Hall–Kier alpha value is -2.93. The number of hydrogen-bond acceptors (Lipinski definition) is 4. The highest BCUT2D eigenvalue weighted by Crippen LogP contribution is 2.38. The Morgan fingerprint density at radius 1 is 1.21 bits per heavy atom. The van der Waals surface area contributed by atoms with Crippen LogP contribution in [0.4, 0.5) is 4.39 Å². The molecule has 2 aromatic rings. The number of nitrogens with one attached hydrogen (secondary N) is 1. The van der Waals surface area contributed by atoms with Gasteiger partial charge in [0.2, 0.25) is 5.91 Å². The third kappa shape index (κ3) is 6.35. The third-order valence-electron chi connectivity index (χ3n) is 5.96. The maximum absolute atomic E-state index is 14.2. The topological polar surface area (TPSA) is 67.9 Å². The van der Waals surface area contributed by atoms with Crippen molar-refractivity contribution >= 4 is 11.8 Å². The Bertz CT molecular complexity index is 994. The zero-order valence-electron chi connectivity index (χ0n) is 20.5. The molecule has 0 spiro atoms. The molecule has 1 aliphatic rings. The van der Waals surface area contributed by atoms with Crippen molar-refractivity contribution < 1.29 is 23.5 Å². The molecule has 0 bridgehead atoms. The third-order valence-corrected chi connectivity index (χ3v) is 5.96. The summed E-state index contributed by atoms with van der Waals surface area (Å²) in [5, 5.41) is 2.81. The van der Waals surface area contributed by atoms with Crippen molar-refractivity contribution in [2.24, 2.45) is 5.92 Å². The van der Waals surface area contributed by atoms with Crippen molar-refractivity contribution in [2.75, 3.05) is 26.8 Å². The quantitative estimate of drug-likeness (QED) is 0.527. The number of methoxy groups -OCH3 is 1. The molecule has 0 radical (unpaired) electrons. The summed E-state index contributed by atoms with van der Waals surface area (Å²) in [6.45, 7) is 7.33. The Morgan fingerprint density at radius 3 is 2.68 bits per heavy atom. The van der Waals surface area contributed by atoms with Gasteiger partial charge in [-0.1, -0.05) is 39.0 Å². The first-order valence-corrected chi connectivity index (χ1v) is 11.9. The van der Waals surface area contributed by atoms with Gasteiger partial charge in [0.15, 0.2) is 6.10 Å². The van der Waals surface area contributed by atoms with E-state index in [-0.39, 0.29) is 23.5 Å². The number of benzene rings is 2. The normalized spacial score (nSPS) is 16.2. The van der Waals surface area contributed by atoms with Crippen LogP contribution in [-0.2, 0) is 20.7 Å². The number of rotatable bonds is 10. The van der Waals surface area contributed by atoms with Gasteiger partial charge in [-0.3, -0.25) is 9.59 Å².